The van der Waals surface area contributed by atoms with Gasteiger partial charge >= 0.3 is 0 Å². The van der Waals surface area contributed by atoms with Gasteiger partial charge in [-0.3, -0.25) is 0 Å². The fourth-order valence-corrected chi connectivity index (χ4v) is 1.53. The lowest BCUT2D eigenvalue weighted by atomic mass is 10.1. The second kappa shape index (κ2) is 3.92. The van der Waals surface area contributed by atoms with E-state index in [1.165, 1.54) is 6.33 Å². The lowest BCUT2D eigenvalue weighted by Gasteiger charge is -2.03. The van der Waals surface area contributed by atoms with Crippen molar-refractivity contribution in [3.05, 3.63) is 36.2 Å². The van der Waals surface area contributed by atoms with Crippen LogP contribution in [0.1, 0.15) is 6.92 Å². The molecule has 0 bridgehead atoms. The number of nitrogens with two attached hydrogens (primary N) is 1. The first-order chi connectivity index (χ1) is 7.63. The third kappa shape index (κ3) is 1.64. The number of benzene rings is 1. The van der Waals surface area contributed by atoms with Crippen LogP contribution in [0.4, 0.5) is 14.6 Å². The molecule has 0 unspecified atom stereocenters. The van der Waals surface area contributed by atoms with Crippen molar-refractivity contribution in [1.82, 2.24) is 9.55 Å². The van der Waals surface area contributed by atoms with Crippen LogP contribution in [0.2, 0.25) is 0 Å². The maximum Gasteiger partial charge on any atom is 0.132 e. The zero-order valence-corrected chi connectivity index (χ0v) is 8.74. The smallest absolute Gasteiger partial charge is 0.132 e. The monoisotopic (exact) mass is 223 g/mol. The fourth-order valence-electron chi connectivity index (χ4n) is 1.53. The van der Waals surface area contributed by atoms with Crippen molar-refractivity contribution in [2.24, 2.45) is 0 Å². The van der Waals surface area contributed by atoms with E-state index >= 15 is 0 Å². The molecule has 84 valence electrons. The Morgan fingerprint density at radius 1 is 1.38 bits per heavy atom. The highest BCUT2D eigenvalue weighted by atomic mass is 19.1. The Morgan fingerprint density at radius 3 is 2.75 bits per heavy atom. The summed E-state index contributed by atoms with van der Waals surface area (Å²) in [5.41, 5.74) is 6.14. The number of hydrogen-bond donors (Lipinski definition) is 1. The van der Waals surface area contributed by atoms with Gasteiger partial charge in [0.05, 0.1) is 6.33 Å². The third-order valence-corrected chi connectivity index (χ3v) is 2.40. The van der Waals surface area contributed by atoms with Gasteiger partial charge in [-0.1, -0.05) is 0 Å². The van der Waals surface area contributed by atoms with Crippen LogP contribution in [0.15, 0.2) is 24.5 Å². The summed E-state index contributed by atoms with van der Waals surface area (Å²) in [6.07, 6.45) is 1.51. The number of aromatic nitrogens is 2. The second-order valence-electron chi connectivity index (χ2n) is 3.39. The summed E-state index contributed by atoms with van der Waals surface area (Å²) in [5.74, 6) is -0.705. The maximum absolute atomic E-state index is 13.5. The van der Waals surface area contributed by atoms with Crippen LogP contribution in [0, 0.1) is 11.6 Å². The molecular formula is C11H11F2N3. The predicted molar refractivity (Wildman–Crippen MR) is 57.7 cm³/mol. The van der Waals surface area contributed by atoms with E-state index in [9.17, 15) is 8.78 Å². The number of nitrogens with zero attached hydrogens (tertiary/aromatic N) is 2. The van der Waals surface area contributed by atoms with Crippen molar-refractivity contribution < 1.29 is 8.78 Å². The Kier molecular flexibility index (Phi) is 2.60. The van der Waals surface area contributed by atoms with Crippen LogP contribution in [-0.2, 0) is 6.54 Å². The van der Waals surface area contributed by atoms with E-state index in [0.29, 0.717) is 12.4 Å². The summed E-state index contributed by atoms with van der Waals surface area (Å²) in [4.78, 5) is 3.99. The molecule has 0 aliphatic heterocycles. The lowest BCUT2D eigenvalue weighted by Crippen LogP contribution is -2.00. The van der Waals surface area contributed by atoms with Gasteiger partial charge in [0.25, 0.3) is 0 Å². The number of aryl methyl sites for hydroxylation is 1. The van der Waals surface area contributed by atoms with Gasteiger partial charge in [-0.05, 0) is 25.1 Å². The van der Waals surface area contributed by atoms with Gasteiger partial charge in [-0.25, -0.2) is 13.8 Å². The van der Waals surface area contributed by atoms with Gasteiger partial charge in [-0.2, -0.15) is 0 Å². The van der Waals surface area contributed by atoms with Crippen molar-refractivity contribution >= 4 is 5.82 Å². The molecule has 0 fully saturated rings. The average molecular weight is 223 g/mol. The first-order valence-electron chi connectivity index (χ1n) is 4.89. The largest absolute Gasteiger partial charge is 0.383 e. The van der Waals surface area contributed by atoms with Gasteiger partial charge in [0.2, 0.25) is 0 Å². The van der Waals surface area contributed by atoms with Crippen molar-refractivity contribution in [2.75, 3.05) is 5.73 Å². The van der Waals surface area contributed by atoms with Crippen molar-refractivity contribution in [2.45, 2.75) is 13.5 Å². The Hall–Kier alpha value is -1.91. The highest BCUT2D eigenvalue weighted by Crippen LogP contribution is 2.27. The van der Waals surface area contributed by atoms with E-state index in [0.717, 1.165) is 18.2 Å². The van der Waals surface area contributed by atoms with Crippen LogP contribution in [0.25, 0.3) is 11.3 Å². The number of hydrogen-bond acceptors (Lipinski definition) is 2. The molecule has 16 heavy (non-hydrogen) atoms. The normalized spacial score (nSPS) is 10.7. The van der Waals surface area contributed by atoms with Gasteiger partial charge in [0, 0.05) is 12.1 Å². The standard InChI is InChI=1S/C11H11F2N3/c1-2-16-6-15-10(11(16)14)8-5-7(12)3-4-9(8)13/h3-6H,2,14H2,1H3. The van der Waals surface area contributed by atoms with Crippen LogP contribution in [0.3, 0.4) is 0 Å². The zero-order valence-electron chi connectivity index (χ0n) is 8.74. The molecule has 0 aliphatic carbocycles. The van der Waals surface area contributed by atoms with Crippen LogP contribution < -0.4 is 5.73 Å². The molecule has 0 spiro atoms. The average Bonchev–Trinajstić information content (AvgIpc) is 2.63. The molecule has 0 saturated carbocycles. The highest BCUT2D eigenvalue weighted by Gasteiger charge is 2.13. The Bertz CT molecular complexity index is 520. The molecular weight excluding hydrogens is 212 g/mol. The number of anilines is 1. The van der Waals surface area contributed by atoms with Crippen LogP contribution >= 0.6 is 0 Å². The minimum Gasteiger partial charge on any atom is -0.383 e. The van der Waals surface area contributed by atoms with Gasteiger partial charge in [-0.15, -0.1) is 0 Å². The quantitative estimate of drug-likeness (QED) is 0.849. The first kappa shape index (κ1) is 10.6. The molecule has 0 amide bonds. The number of halogens is 2. The summed E-state index contributed by atoms with van der Waals surface area (Å²) in [7, 11) is 0. The molecule has 0 radical (unpaired) electrons. The van der Waals surface area contributed by atoms with Crippen molar-refractivity contribution in [3.63, 3.8) is 0 Å². The fraction of sp³-hybridized carbons (Fsp3) is 0.182. The molecule has 1 aromatic carbocycles. The minimum atomic E-state index is -0.533. The molecule has 0 aliphatic rings. The number of rotatable bonds is 2. The molecule has 5 heteroatoms. The number of imidazole rings is 1. The lowest BCUT2D eigenvalue weighted by molar-refractivity contribution is 0.603. The molecule has 1 heterocycles. The summed E-state index contributed by atoms with van der Waals surface area (Å²) in [6.45, 7) is 2.53. The molecule has 0 saturated heterocycles. The van der Waals surface area contributed by atoms with Crippen LogP contribution in [0.5, 0.6) is 0 Å². The van der Waals surface area contributed by atoms with E-state index in [2.05, 4.69) is 4.98 Å². The predicted octanol–water partition coefficient (Wildman–Crippen LogP) is 2.43. The summed E-state index contributed by atoms with van der Waals surface area (Å²) in [6, 6.07) is 3.22. The maximum atomic E-state index is 13.5. The summed E-state index contributed by atoms with van der Waals surface area (Å²) in [5, 5.41) is 0. The first-order valence-corrected chi connectivity index (χ1v) is 4.89. The van der Waals surface area contributed by atoms with E-state index in [-0.39, 0.29) is 11.3 Å². The molecule has 1 aromatic heterocycles. The van der Waals surface area contributed by atoms with Gasteiger partial charge in [0.1, 0.15) is 23.1 Å². The second-order valence-corrected chi connectivity index (χ2v) is 3.39. The van der Waals surface area contributed by atoms with Gasteiger partial charge in [0.15, 0.2) is 0 Å². The highest BCUT2D eigenvalue weighted by molar-refractivity contribution is 5.70. The number of nitrogen functional groups attached to an aromatic ring is 1. The molecule has 0 atom stereocenters. The van der Waals surface area contributed by atoms with Crippen LogP contribution in [-0.4, -0.2) is 9.55 Å². The Labute approximate surface area is 91.5 Å². The molecule has 2 N–H and O–H groups in total. The van der Waals surface area contributed by atoms with E-state index < -0.39 is 11.6 Å². The van der Waals surface area contributed by atoms with E-state index in [1.807, 2.05) is 6.92 Å². The minimum absolute atomic E-state index is 0.0877. The summed E-state index contributed by atoms with van der Waals surface area (Å²) < 4.78 is 28.2. The van der Waals surface area contributed by atoms with Gasteiger partial charge < -0.3 is 10.3 Å². The molecule has 3 nitrogen and oxygen atoms in total. The van der Waals surface area contributed by atoms with Crippen molar-refractivity contribution in [1.29, 1.82) is 0 Å². The summed E-state index contributed by atoms with van der Waals surface area (Å²) >= 11 is 0. The third-order valence-electron chi connectivity index (χ3n) is 2.40. The molecule has 2 rings (SSSR count). The Balaban J connectivity index is 2.58. The van der Waals surface area contributed by atoms with Crippen molar-refractivity contribution in [3.8, 4) is 11.3 Å². The SMILES string of the molecule is CCn1cnc(-c2cc(F)ccc2F)c1N. The topological polar surface area (TPSA) is 43.8 Å². The zero-order chi connectivity index (χ0) is 11.7. The molecule has 2 aromatic rings. The van der Waals surface area contributed by atoms with E-state index in [1.54, 1.807) is 4.57 Å². The Morgan fingerprint density at radius 2 is 2.12 bits per heavy atom. The van der Waals surface area contributed by atoms with E-state index in [4.69, 9.17) is 5.73 Å².